The molecule has 0 aromatic heterocycles. The monoisotopic (exact) mass is 399 g/mol. The first-order chi connectivity index (χ1) is 12.1. The number of nitrogens with one attached hydrogen (secondary N) is 1. The smallest absolute Gasteiger partial charge is 0.304 e. The van der Waals surface area contributed by atoms with Crippen LogP contribution in [-0.4, -0.2) is 39.3 Å². The van der Waals surface area contributed by atoms with Gasteiger partial charge >= 0.3 is 10.2 Å². The lowest BCUT2D eigenvalue weighted by Crippen LogP contribution is -2.44. The van der Waals surface area contributed by atoms with Gasteiger partial charge in [0.15, 0.2) is 0 Å². The van der Waals surface area contributed by atoms with E-state index in [0.29, 0.717) is 10.7 Å². The lowest BCUT2D eigenvalue weighted by Gasteiger charge is -2.27. The number of halogens is 2. The van der Waals surface area contributed by atoms with Gasteiger partial charge in [0.1, 0.15) is 12.4 Å². The third-order valence-corrected chi connectivity index (χ3v) is 5.67. The Balaban J connectivity index is 2.30. The molecule has 0 spiro atoms. The number of rotatable bonds is 6. The minimum absolute atomic E-state index is 0.179. The highest BCUT2D eigenvalue weighted by molar-refractivity contribution is 7.90. The van der Waals surface area contributed by atoms with Crippen molar-refractivity contribution < 1.29 is 17.6 Å². The van der Waals surface area contributed by atoms with Crippen LogP contribution in [0.4, 0.5) is 15.8 Å². The van der Waals surface area contributed by atoms with Gasteiger partial charge in [-0.25, -0.2) is 8.70 Å². The second-order valence-electron chi connectivity index (χ2n) is 5.78. The van der Waals surface area contributed by atoms with E-state index >= 15 is 0 Å². The average Bonchev–Trinajstić information content (AvgIpc) is 2.56. The van der Waals surface area contributed by atoms with Crippen molar-refractivity contribution in [2.75, 3.05) is 30.3 Å². The molecule has 140 valence electrons. The van der Waals surface area contributed by atoms with Crippen molar-refractivity contribution in [3.8, 4) is 0 Å². The number of benzene rings is 2. The van der Waals surface area contributed by atoms with Gasteiger partial charge in [-0.3, -0.25) is 4.79 Å². The molecule has 0 aliphatic rings. The van der Waals surface area contributed by atoms with Crippen LogP contribution in [0, 0.1) is 12.7 Å². The van der Waals surface area contributed by atoms with Crippen molar-refractivity contribution in [1.82, 2.24) is 4.31 Å². The van der Waals surface area contributed by atoms with Crippen LogP contribution >= 0.6 is 11.6 Å². The third-order valence-electron chi connectivity index (χ3n) is 3.62. The zero-order valence-electron chi connectivity index (χ0n) is 14.5. The maximum atomic E-state index is 13.2. The number of anilines is 2. The number of hydrogen-bond donors (Lipinski definition) is 1. The van der Waals surface area contributed by atoms with E-state index in [2.05, 4.69) is 5.32 Å². The molecule has 0 aliphatic carbocycles. The van der Waals surface area contributed by atoms with Crippen LogP contribution in [0.1, 0.15) is 5.56 Å². The van der Waals surface area contributed by atoms with E-state index in [0.717, 1.165) is 26.3 Å². The SMILES string of the molecule is Cc1ccc(Cl)cc1NC(=O)CN(c1ccc(F)cc1)S(=O)(=O)N(C)C. The second-order valence-corrected chi connectivity index (χ2v) is 8.28. The summed E-state index contributed by atoms with van der Waals surface area (Å²) in [6, 6.07) is 9.87. The number of nitrogens with zero attached hydrogens (tertiary/aromatic N) is 2. The van der Waals surface area contributed by atoms with E-state index < -0.39 is 28.5 Å². The lowest BCUT2D eigenvalue weighted by molar-refractivity contribution is -0.114. The highest BCUT2D eigenvalue weighted by Gasteiger charge is 2.27. The molecule has 0 fully saturated rings. The van der Waals surface area contributed by atoms with Crippen LogP contribution in [0.15, 0.2) is 42.5 Å². The Bertz CT molecular complexity index is 902. The van der Waals surface area contributed by atoms with Crippen LogP contribution < -0.4 is 9.62 Å². The molecular formula is C17H19ClFN3O3S. The first-order valence-electron chi connectivity index (χ1n) is 7.63. The van der Waals surface area contributed by atoms with Gasteiger partial charge in [-0.2, -0.15) is 12.7 Å². The molecule has 1 amide bonds. The summed E-state index contributed by atoms with van der Waals surface area (Å²) in [6.07, 6.45) is 0. The molecule has 2 aromatic carbocycles. The maximum Gasteiger partial charge on any atom is 0.304 e. The summed E-state index contributed by atoms with van der Waals surface area (Å²) in [4.78, 5) is 12.4. The zero-order chi connectivity index (χ0) is 19.5. The molecule has 9 heteroatoms. The Morgan fingerprint density at radius 2 is 1.77 bits per heavy atom. The number of aryl methyl sites for hydroxylation is 1. The standard InChI is InChI=1S/C17H19ClFN3O3S/c1-12-4-5-13(18)10-16(12)20-17(23)11-22(26(24,25)21(2)3)15-8-6-14(19)7-9-15/h4-10H,11H2,1-3H3,(H,20,23). The zero-order valence-corrected chi connectivity index (χ0v) is 16.1. The van der Waals surface area contributed by atoms with Gasteiger partial charge in [0.25, 0.3) is 0 Å². The molecule has 0 unspecified atom stereocenters. The van der Waals surface area contributed by atoms with Crippen molar-refractivity contribution in [2.45, 2.75) is 6.92 Å². The Morgan fingerprint density at radius 1 is 1.15 bits per heavy atom. The van der Waals surface area contributed by atoms with Crippen LogP contribution in [0.25, 0.3) is 0 Å². The van der Waals surface area contributed by atoms with Gasteiger partial charge in [-0.15, -0.1) is 0 Å². The van der Waals surface area contributed by atoms with Crippen molar-refractivity contribution in [1.29, 1.82) is 0 Å². The van der Waals surface area contributed by atoms with Crippen molar-refractivity contribution in [3.05, 3.63) is 58.9 Å². The Kier molecular flexibility index (Phi) is 6.22. The van der Waals surface area contributed by atoms with E-state index in [-0.39, 0.29) is 5.69 Å². The van der Waals surface area contributed by atoms with Gasteiger partial charge in [0.2, 0.25) is 5.91 Å². The van der Waals surface area contributed by atoms with Gasteiger partial charge in [-0.1, -0.05) is 17.7 Å². The van der Waals surface area contributed by atoms with E-state index in [1.54, 1.807) is 25.1 Å². The fourth-order valence-corrected chi connectivity index (χ4v) is 3.39. The minimum Gasteiger partial charge on any atom is -0.324 e. The van der Waals surface area contributed by atoms with Crippen LogP contribution in [0.3, 0.4) is 0 Å². The number of carbonyl (C=O) groups is 1. The van der Waals surface area contributed by atoms with E-state index in [9.17, 15) is 17.6 Å². The summed E-state index contributed by atoms with van der Waals surface area (Å²) in [5, 5.41) is 3.10. The molecule has 2 rings (SSSR count). The summed E-state index contributed by atoms with van der Waals surface area (Å²) in [5.41, 5.74) is 1.45. The summed E-state index contributed by atoms with van der Waals surface area (Å²) in [7, 11) is -1.25. The van der Waals surface area contributed by atoms with Gasteiger partial charge in [-0.05, 0) is 48.9 Å². The average molecular weight is 400 g/mol. The van der Waals surface area contributed by atoms with Crippen molar-refractivity contribution in [3.63, 3.8) is 0 Å². The van der Waals surface area contributed by atoms with Gasteiger partial charge < -0.3 is 5.32 Å². The van der Waals surface area contributed by atoms with Crippen LogP contribution in [-0.2, 0) is 15.0 Å². The van der Waals surface area contributed by atoms with E-state index in [4.69, 9.17) is 11.6 Å². The summed E-state index contributed by atoms with van der Waals surface area (Å²) in [5.74, 6) is -1.06. The van der Waals surface area contributed by atoms with Gasteiger partial charge in [0, 0.05) is 24.8 Å². The predicted molar refractivity (Wildman–Crippen MR) is 101 cm³/mol. The molecule has 0 saturated carbocycles. The van der Waals surface area contributed by atoms with Crippen LogP contribution in [0.5, 0.6) is 0 Å². The molecule has 0 atom stereocenters. The topological polar surface area (TPSA) is 69.7 Å². The predicted octanol–water partition coefficient (Wildman–Crippen LogP) is 3.04. The van der Waals surface area contributed by atoms with E-state index in [1.807, 2.05) is 0 Å². The normalized spacial score (nSPS) is 11.5. The molecular weight excluding hydrogens is 381 g/mol. The number of amides is 1. The molecule has 0 aliphatic heterocycles. The fraction of sp³-hybridized carbons (Fsp3) is 0.235. The first kappa shape index (κ1) is 20.2. The Morgan fingerprint density at radius 3 is 2.35 bits per heavy atom. The maximum absolute atomic E-state index is 13.2. The fourth-order valence-electron chi connectivity index (χ4n) is 2.16. The minimum atomic E-state index is -3.95. The van der Waals surface area contributed by atoms with Gasteiger partial charge in [0.05, 0.1) is 5.69 Å². The summed E-state index contributed by atoms with van der Waals surface area (Å²) in [6.45, 7) is 1.32. The first-order valence-corrected chi connectivity index (χ1v) is 9.40. The highest BCUT2D eigenvalue weighted by atomic mass is 35.5. The number of carbonyl (C=O) groups excluding carboxylic acids is 1. The Hall–Kier alpha value is -2.16. The molecule has 0 radical (unpaired) electrons. The second kappa shape index (κ2) is 8.03. The summed E-state index contributed by atoms with van der Waals surface area (Å²) >= 11 is 5.93. The molecule has 1 N–H and O–H groups in total. The largest absolute Gasteiger partial charge is 0.324 e. The highest BCUT2D eigenvalue weighted by Crippen LogP contribution is 2.22. The number of hydrogen-bond acceptors (Lipinski definition) is 3. The Labute approximate surface area is 157 Å². The third kappa shape index (κ3) is 4.72. The quantitative estimate of drug-likeness (QED) is 0.811. The lowest BCUT2D eigenvalue weighted by atomic mass is 10.2. The molecule has 26 heavy (non-hydrogen) atoms. The molecule has 6 nitrogen and oxygen atoms in total. The van der Waals surface area contributed by atoms with Crippen LogP contribution in [0.2, 0.25) is 5.02 Å². The molecule has 0 bridgehead atoms. The summed E-state index contributed by atoms with van der Waals surface area (Å²) < 4.78 is 40.2. The molecule has 0 saturated heterocycles. The molecule has 0 heterocycles. The van der Waals surface area contributed by atoms with E-state index in [1.165, 1.54) is 26.2 Å². The van der Waals surface area contributed by atoms with Crippen molar-refractivity contribution >= 4 is 39.1 Å². The molecule has 2 aromatic rings. The van der Waals surface area contributed by atoms with Crippen molar-refractivity contribution in [2.24, 2.45) is 0 Å².